The Kier molecular flexibility index (Phi) is 7.12. The molecule has 0 amide bonds. The van der Waals surface area contributed by atoms with Crippen LogP contribution in [0.25, 0.3) is 0 Å². The number of hydrogen-bond donors (Lipinski definition) is 0. The Bertz CT molecular complexity index is 711. The second-order valence-electron chi connectivity index (χ2n) is 5.60. The molecule has 2 aromatic carbocycles. The molecule has 0 heterocycles. The van der Waals surface area contributed by atoms with Gasteiger partial charge < -0.3 is 14.2 Å². The normalized spacial score (nSPS) is 10.4. The van der Waals surface area contributed by atoms with Gasteiger partial charge in [0.15, 0.2) is 11.5 Å². The zero-order chi connectivity index (χ0) is 18.1. The standard InChI is InChI=1S/C20H24N2O3/c1-23-18-11-10-17(19(24-2)20(18)25-3)15-22(13-7-12-21)14-16-8-5-4-6-9-16/h4-6,8-11H,7,13-15H2,1-3H3. The number of methoxy groups -OCH3 is 3. The second kappa shape index (κ2) is 9.55. The molecule has 132 valence electrons. The lowest BCUT2D eigenvalue weighted by molar-refractivity contribution is 0.255. The van der Waals surface area contributed by atoms with Crippen LogP contribution in [-0.4, -0.2) is 32.8 Å². The summed E-state index contributed by atoms with van der Waals surface area (Å²) in [7, 11) is 4.82. The van der Waals surface area contributed by atoms with Crippen molar-refractivity contribution in [1.29, 1.82) is 5.26 Å². The van der Waals surface area contributed by atoms with Crippen molar-refractivity contribution in [3.63, 3.8) is 0 Å². The molecule has 2 aromatic rings. The maximum atomic E-state index is 8.96. The van der Waals surface area contributed by atoms with E-state index in [-0.39, 0.29) is 0 Å². The highest BCUT2D eigenvalue weighted by molar-refractivity contribution is 5.55. The van der Waals surface area contributed by atoms with Crippen LogP contribution < -0.4 is 14.2 Å². The van der Waals surface area contributed by atoms with E-state index in [1.165, 1.54) is 5.56 Å². The van der Waals surface area contributed by atoms with E-state index in [0.29, 0.717) is 36.8 Å². The number of nitrogens with zero attached hydrogens (tertiary/aromatic N) is 2. The molecule has 0 radical (unpaired) electrons. The zero-order valence-corrected chi connectivity index (χ0v) is 15.0. The van der Waals surface area contributed by atoms with Crippen LogP contribution in [0.5, 0.6) is 17.2 Å². The average Bonchev–Trinajstić information content (AvgIpc) is 2.66. The first-order chi connectivity index (χ1) is 12.2. The molecule has 2 rings (SSSR count). The van der Waals surface area contributed by atoms with Gasteiger partial charge in [-0.2, -0.15) is 5.26 Å². The van der Waals surface area contributed by atoms with Gasteiger partial charge in [0, 0.05) is 31.6 Å². The van der Waals surface area contributed by atoms with E-state index in [0.717, 1.165) is 12.1 Å². The molecular formula is C20H24N2O3. The molecular weight excluding hydrogens is 316 g/mol. The summed E-state index contributed by atoms with van der Waals surface area (Å²) in [5.41, 5.74) is 2.20. The number of hydrogen-bond acceptors (Lipinski definition) is 5. The van der Waals surface area contributed by atoms with Crippen LogP contribution in [0.2, 0.25) is 0 Å². The predicted octanol–water partition coefficient (Wildman–Crippen LogP) is 3.63. The van der Waals surface area contributed by atoms with Crippen molar-refractivity contribution in [2.45, 2.75) is 19.5 Å². The summed E-state index contributed by atoms with van der Waals surface area (Å²) in [6, 6.07) is 16.3. The molecule has 5 nitrogen and oxygen atoms in total. The molecule has 0 saturated carbocycles. The van der Waals surface area contributed by atoms with Gasteiger partial charge in [-0.3, -0.25) is 4.90 Å². The van der Waals surface area contributed by atoms with E-state index in [2.05, 4.69) is 23.1 Å². The summed E-state index contributed by atoms with van der Waals surface area (Å²) in [6.07, 6.45) is 0.475. The molecule has 25 heavy (non-hydrogen) atoms. The van der Waals surface area contributed by atoms with Crippen LogP contribution in [-0.2, 0) is 13.1 Å². The van der Waals surface area contributed by atoms with Gasteiger partial charge in [0.05, 0.1) is 27.4 Å². The molecule has 0 aliphatic rings. The van der Waals surface area contributed by atoms with Crippen molar-refractivity contribution in [2.24, 2.45) is 0 Å². The van der Waals surface area contributed by atoms with E-state index in [9.17, 15) is 0 Å². The maximum absolute atomic E-state index is 8.96. The molecule has 0 aliphatic carbocycles. The highest BCUT2D eigenvalue weighted by atomic mass is 16.5. The van der Waals surface area contributed by atoms with E-state index < -0.39 is 0 Å². The first-order valence-corrected chi connectivity index (χ1v) is 8.14. The fourth-order valence-corrected chi connectivity index (χ4v) is 2.79. The van der Waals surface area contributed by atoms with Gasteiger partial charge in [-0.15, -0.1) is 0 Å². The first kappa shape index (κ1) is 18.6. The van der Waals surface area contributed by atoms with Crippen LogP contribution in [0.3, 0.4) is 0 Å². The Balaban J connectivity index is 2.27. The predicted molar refractivity (Wildman–Crippen MR) is 96.9 cm³/mol. The SMILES string of the molecule is COc1ccc(CN(CCC#N)Cc2ccccc2)c(OC)c1OC. The van der Waals surface area contributed by atoms with Gasteiger partial charge in [-0.05, 0) is 11.6 Å². The molecule has 0 N–H and O–H groups in total. The van der Waals surface area contributed by atoms with Gasteiger partial charge in [-0.25, -0.2) is 0 Å². The smallest absolute Gasteiger partial charge is 0.203 e. The quantitative estimate of drug-likeness (QED) is 0.698. The Morgan fingerprint density at radius 2 is 1.60 bits per heavy atom. The lowest BCUT2D eigenvalue weighted by Crippen LogP contribution is -2.24. The third-order valence-electron chi connectivity index (χ3n) is 3.97. The van der Waals surface area contributed by atoms with Gasteiger partial charge in [0.2, 0.25) is 5.75 Å². The fourth-order valence-electron chi connectivity index (χ4n) is 2.79. The molecule has 5 heteroatoms. The van der Waals surface area contributed by atoms with Crippen molar-refractivity contribution in [2.75, 3.05) is 27.9 Å². The number of ether oxygens (including phenoxy) is 3. The summed E-state index contributed by atoms with van der Waals surface area (Å²) in [4.78, 5) is 2.22. The van der Waals surface area contributed by atoms with E-state index in [4.69, 9.17) is 19.5 Å². The summed E-state index contributed by atoms with van der Waals surface area (Å²) in [5.74, 6) is 1.88. The van der Waals surface area contributed by atoms with Crippen LogP contribution >= 0.6 is 0 Å². The van der Waals surface area contributed by atoms with Crippen molar-refractivity contribution >= 4 is 0 Å². The van der Waals surface area contributed by atoms with Crippen molar-refractivity contribution in [3.05, 3.63) is 53.6 Å². The number of rotatable bonds is 9. The van der Waals surface area contributed by atoms with E-state index >= 15 is 0 Å². The van der Waals surface area contributed by atoms with E-state index in [1.54, 1.807) is 21.3 Å². The minimum absolute atomic E-state index is 0.475. The topological polar surface area (TPSA) is 54.7 Å². The van der Waals surface area contributed by atoms with E-state index in [1.807, 2.05) is 30.3 Å². The summed E-state index contributed by atoms with van der Waals surface area (Å²) in [6.45, 7) is 2.10. The van der Waals surface area contributed by atoms with Crippen LogP contribution in [0.4, 0.5) is 0 Å². The van der Waals surface area contributed by atoms with Gasteiger partial charge in [0.1, 0.15) is 0 Å². The third kappa shape index (κ3) is 4.88. The summed E-state index contributed by atoms with van der Waals surface area (Å²) < 4.78 is 16.4. The van der Waals surface area contributed by atoms with Crippen LogP contribution in [0, 0.1) is 11.3 Å². The molecule has 0 atom stereocenters. The Morgan fingerprint density at radius 1 is 0.880 bits per heavy atom. The lowest BCUT2D eigenvalue weighted by atomic mass is 10.1. The van der Waals surface area contributed by atoms with Crippen LogP contribution in [0.1, 0.15) is 17.5 Å². The lowest BCUT2D eigenvalue weighted by Gasteiger charge is -2.23. The highest BCUT2D eigenvalue weighted by Crippen LogP contribution is 2.40. The molecule has 0 fully saturated rings. The molecule has 0 aromatic heterocycles. The average molecular weight is 340 g/mol. The van der Waals surface area contributed by atoms with Gasteiger partial charge >= 0.3 is 0 Å². The second-order valence-corrected chi connectivity index (χ2v) is 5.60. The molecule has 0 aliphatic heterocycles. The Morgan fingerprint density at radius 3 is 2.20 bits per heavy atom. The first-order valence-electron chi connectivity index (χ1n) is 8.14. The monoisotopic (exact) mass is 340 g/mol. The Labute approximate surface area is 149 Å². The van der Waals surface area contributed by atoms with Gasteiger partial charge in [0.25, 0.3) is 0 Å². The molecule has 0 bridgehead atoms. The van der Waals surface area contributed by atoms with Crippen molar-refractivity contribution in [3.8, 4) is 23.3 Å². The molecule has 0 spiro atoms. The fraction of sp³-hybridized carbons (Fsp3) is 0.350. The Hall–Kier alpha value is -2.71. The molecule has 0 unspecified atom stereocenters. The zero-order valence-electron chi connectivity index (χ0n) is 15.0. The minimum Gasteiger partial charge on any atom is -0.493 e. The largest absolute Gasteiger partial charge is 0.493 e. The van der Waals surface area contributed by atoms with Crippen molar-refractivity contribution < 1.29 is 14.2 Å². The third-order valence-corrected chi connectivity index (χ3v) is 3.97. The minimum atomic E-state index is 0.475. The van der Waals surface area contributed by atoms with Gasteiger partial charge in [-0.1, -0.05) is 36.4 Å². The summed E-state index contributed by atoms with van der Waals surface area (Å²) in [5, 5.41) is 8.96. The van der Waals surface area contributed by atoms with Crippen molar-refractivity contribution in [1.82, 2.24) is 4.90 Å². The molecule has 0 saturated heterocycles. The maximum Gasteiger partial charge on any atom is 0.203 e. The number of nitriles is 1. The van der Waals surface area contributed by atoms with Crippen LogP contribution in [0.15, 0.2) is 42.5 Å². The number of benzene rings is 2. The highest BCUT2D eigenvalue weighted by Gasteiger charge is 2.18. The summed E-state index contributed by atoms with van der Waals surface area (Å²) >= 11 is 0.